The fraction of sp³-hybridized carbons (Fsp3) is 0.238. The van der Waals surface area contributed by atoms with Gasteiger partial charge in [0.15, 0.2) is 5.16 Å². The maximum absolute atomic E-state index is 12.4. The van der Waals surface area contributed by atoms with Crippen LogP contribution in [0.2, 0.25) is 0 Å². The SMILES string of the molecule is COc1ccc(NC(=O)CSc2nccn2-c2cc(C)cc(C)c2)c(OC)c1. The minimum atomic E-state index is -0.136. The number of rotatable bonds is 7. The maximum Gasteiger partial charge on any atom is 0.234 e. The largest absolute Gasteiger partial charge is 0.497 e. The Hall–Kier alpha value is -2.93. The molecule has 28 heavy (non-hydrogen) atoms. The van der Waals surface area contributed by atoms with E-state index in [1.54, 1.807) is 38.6 Å². The Bertz CT molecular complexity index is 965. The maximum atomic E-state index is 12.4. The van der Waals surface area contributed by atoms with Crippen LogP contribution in [0.15, 0.2) is 53.9 Å². The summed E-state index contributed by atoms with van der Waals surface area (Å²) < 4.78 is 12.5. The second-order valence-corrected chi connectivity index (χ2v) is 7.27. The molecule has 1 amide bonds. The van der Waals surface area contributed by atoms with Crippen molar-refractivity contribution in [2.75, 3.05) is 25.3 Å². The van der Waals surface area contributed by atoms with Crippen molar-refractivity contribution in [3.8, 4) is 17.2 Å². The minimum absolute atomic E-state index is 0.136. The molecule has 6 nitrogen and oxygen atoms in total. The van der Waals surface area contributed by atoms with E-state index in [1.165, 1.54) is 22.9 Å². The molecular formula is C21H23N3O3S. The van der Waals surface area contributed by atoms with E-state index < -0.39 is 0 Å². The average Bonchev–Trinajstić information content (AvgIpc) is 3.14. The first-order valence-electron chi connectivity index (χ1n) is 8.77. The summed E-state index contributed by atoms with van der Waals surface area (Å²) in [6.07, 6.45) is 3.64. The number of anilines is 1. The third-order valence-electron chi connectivity index (χ3n) is 4.11. The van der Waals surface area contributed by atoms with Gasteiger partial charge in [0.25, 0.3) is 0 Å². The van der Waals surface area contributed by atoms with Crippen LogP contribution in [0.4, 0.5) is 5.69 Å². The summed E-state index contributed by atoms with van der Waals surface area (Å²) in [7, 11) is 3.14. The van der Waals surface area contributed by atoms with Crippen molar-refractivity contribution in [2.45, 2.75) is 19.0 Å². The van der Waals surface area contributed by atoms with E-state index in [0.29, 0.717) is 17.2 Å². The number of amides is 1. The molecule has 0 bridgehead atoms. The van der Waals surface area contributed by atoms with Crippen molar-refractivity contribution in [1.29, 1.82) is 0 Å². The molecule has 0 unspecified atom stereocenters. The van der Waals surface area contributed by atoms with Crippen LogP contribution in [-0.4, -0.2) is 35.4 Å². The molecule has 3 aromatic rings. The van der Waals surface area contributed by atoms with Gasteiger partial charge in [0.2, 0.25) is 5.91 Å². The number of imidazole rings is 1. The molecular weight excluding hydrogens is 374 g/mol. The van der Waals surface area contributed by atoms with Crippen molar-refractivity contribution in [2.24, 2.45) is 0 Å². The first kappa shape index (κ1) is 19.8. The summed E-state index contributed by atoms with van der Waals surface area (Å²) in [5.74, 6) is 1.31. The number of ether oxygens (including phenoxy) is 2. The Kier molecular flexibility index (Phi) is 6.26. The molecule has 1 N–H and O–H groups in total. The minimum Gasteiger partial charge on any atom is -0.497 e. The van der Waals surface area contributed by atoms with Crippen LogP contribution >= 0.6 is 11.8 Å². The van der Waals surface area contributed by atoms with E-state index in [4.69, 9.17) is 9.47 Å². The number of thioether (sulfide) groups is 1. The van der Waals surface area contributed by atoms with Gasteiger partial charge in [-0.2, -0.15) is 0 Å². The molecule has 0 aliphatic rings. The van der Waals surface area contributed by atoms with Crippen LogP contribution in [0.3, 0.4) is 0 Å². The number of hydrogen-bond acceptors (Lipinski definition) is 5. The Morgan fingerprint density at radius 3 is 2.54 bits per heavy atom. The van der Waals surface area contributed by atoms with Gasteiger partial charge in [0.05, 0.1) is 25.7 Å². The summed E-state index contributed by atoms with van der Waals surface area (Å²) in [4.78, 5) is 16.8. The topological polar surface area (TPSA) is 65.4 Å². The molecule has 2 aromatic carbocycles. The van der Waals surface area contributed by atoms with E-state index in [9.17, 15) is 4.79 Å². The number of hydrogen-bond donors (Lipinski definition) is 1. The molecule has 0 spiro atoms. The van der Waals surface area contributed by atoms with Gasteiger partial charge < -0.3 is 14.8 Å². The summed E-state index contributed by atoms with van der Waals surface area (Å²) in [5, 5.41) is 3.64. The Labute approximate surface area is 168 Å². The number of carbonyl (C=O) groups excluding carboxylic acids is 1. The highest BCUT2D eigenvalue weighted by Gasteiger charge is 2.12. The lowest BCUT2D eigenvalue weighted by atomic mass is 10.1. The van der Waals surface area contributed by atoms with Crippen LogP contribution < -0.4 is 14.8 Å². The predicted octanol–water partition coefficient (Wildman–Crippen LogP) is 4.24. The zero-order valence-corrected chi connectivity index (χ0v) is 17.2. The first-order valence-corrected chi connectivity index (χ1v) is 9.75. The second-order valence-electron chi connectivity index (χ2n) is 6.33. The molecule has 7 heteroatoms. The van der Waals surface area contributed by atoms with Crippen molar-refractivity contribution >= 4 is 23.4 Å². The summed E-state index contributed by atoms with van der Waals surface area (Å²) >= 11 is 1.38. The zero-order valence-electron chi connectivity index (χ0n) is 16.4. The predicted molar refractivity (Wildman–Crippen MR) is 112 cm³/mol. The quantitative estimate of drug-likeness (QED) is 0.604. The van der Waals surface area contributed by atoms with Gasteiger partial charge in [-0.25, -0.2) is 4.98 Å². The third-order valence-corrected chi connectivity index (χ3v) is 5.07. The highest BCUT2D eigenvalue weighted by Crippen LogP contribution is 2.29. The van der Waals surface area contributed by atoms with E-state index in [-0.39, 0.29) is 11.7 Å². The number of nitrogens with zero attached hydrogens (tertiary/aromatic N) is 2. The van der Waals surface area contributed by atoms with E-state index in [0.717, 1.165) is 10.8 Å². The summed E-state index contributed by atoms with van der Waals surface area (Å²) in [6.45, 7) is 4.13. The normalized spacial score (nSPS) is 10.6. The Morgan fingerprint density at radius 1 is 1.11 bits per heavy atom. The van der Waals surface area contributed by atoms with Crippen LogP contribution in [0.25, 0.3) is 5.69 Å². The van der Waals surface area contributed by atoms with E-state index >= 15 is 0 Å². The molecule has 0 radical (unpaired) electrons. The molecule has 1 heterocycles. The molecule has 1 aromatic heterocycles. The molecule has 0 fully saturated rings. The number of methoxy groups -OCH3 is 2. The highest BCUT2D eigenvalue weighted by atomic mass is 32.2. The molecule has 0 aliphatic heterocycles. The molecule has 0 saturated carbocycles. The van der Waals surface area contributed by atoms with Gasteiger partial charge in [0, 0.05) is 24.1 Å². The van der Waals surface area contributed by atoms with Gasteiger partial charge in [0.1, 0.15) is 11.5 Å². The molecule has 0 atom stereocenters. The number of carbonyl (C=O) groups is 1. The number of nitrogens with one attached hydrogen (secondary N) is 1. The Balaban J connectivity index is 1.69. The lowest BCUT2D eigenvalue weighted by Crippen LogP contribution is -2.15. The fourth-order valence-corrected chi connectivity index (χ4v) is 3.67. The van der Waals surface area contributed by atoms with Gasteiger partial charge in [-0.05, 0) is 49.2 Å². The fourth-order valence-electron chi connectivity index (χ4n) is 2.90. The van der Waals surface area contributed by atoms with Crippen molar-refractivity contribution in [3.05, 3.63) is 59.9 Å². The summed E-state index contributed by atoms with van der Waals surface area (Å²) in [5.41, 5.74) is 4.01. The molecule has 3 rings (SSSR count). The third kappa shape index (κ3) is 4.67. The smallest absolute Gasteiger partial charge is 0.234 e. The van der Waals surface area contributed by atoms with Crippen molar-refractivity contribution in [1.82, 2.24) is 9.55 Å². The van der Waals surface area contributed by atoms with Gasteiger partial charge >= 0.3 is 0 Å². The van der Waals surface area contributed by atoms with Crippen molar-refractivity contribution < 1.29 is 14.3 Å². The van der Waals surface area contributed by atoms with E-state index in [2.05, 4.69) is 42.3 Å². The van der Waals surface area contributed by atoms with Gasteiger partial charge in [-0.3, -0.25) is 9.36 Å². The standard InChI is InChI=1S/C21H23N3O3S/c1-14-9-15(2)11-16(10-14)24-8-7-22-21(24)28-13-20(25)23-18-6-5-17(26-3)12-19(18)27-4/h5-12H,13H2,1-4H3,(H,23,25). The first-order chi connectivity index (χ1) is 13.5. The molecule has 0 saturated heterocycles. The Morgan fingerprint density at radius 2 is 1.86 bits per heavy atom. The summed E-state index contributed by atoms with van der Waals surface area (Å²) in [6, 6.07) is 11.6. The number of aryl methyl sites for hydroxylation is 2. The second kappa shape index (κ2) is 8.84. The molecule has 0 aliphatic carbocycles. The van der Waals surface area contributed by atoms with Crippen LogP contribution in [-0.2, 0) is 4.79 Å². The zero-order chi connectivity index (χ0) is 20.1. The monoisotopic (exact) mass is 397 g/mol. The number of benzene rings is 2. The van der Waals surface area contributed by atoms with E-state index in [1.807, 2.05) is 10.8 Å². The number of aromatic nitrogens is 2. The lowest BCUT2D eigenvalue weighted by molar-refractivity contribution is -0.113. The van der Waals surface area contributed by atoms with Crippen molar-refractivity contribution in [3.63, 3.8) is 0 Å². The highest BCUT2D eigenvalue weighted by molar-refractivity contribution is 7.99. The average molecular weight is 398 g/mol. The van der Waals surface area contributed by atoms with Gasteiger partial charge in [-0.1, -0.05) is 17.8 Å². The van der Waals surface area contributed by atoms with Crippen LogP contribution in [0.1, 0.15) is 11.1 Å². The van der Waals surface area contributed by atoms with Gasteiger partial charge in [-0.15, -0.1) is 0 Å². The lowest BCUT2D eigenvalue weighted by Gasteiger charge is -2.12. The van der Waals surface area contributed by atoms with Crippen LogP contribution in [0, 0.1) is 13.8 Å². The molecule has 146 valence electrons. The van der Waals surface area contributed by atoms with Crippen LogP contribution in [0.5, 0.6) is 11.5 Å².